The largest absolute Gasteiger partial charge is 0.493 e. The van der Waals surface area contributed by atoms with Gasteiger partial charge in [0.1, 0.15) is 5.76 Å². The highest BCUT2D eigenvalue weighted by Gasteiger charge is 2.06. The number of aliphatic imine (C=N–C) groups is 1. The molecule has 0 aliphatic heterocycles. The van der Waals surface area contributed by atoms with Crippen LogP contribution < -0.4 is 20.1 Å². The fourth-order valence-electron chi connectivity index (χ4n) is 2.32. The minimum Gasteiger partial charge on any atom is -0.493 e. The normalized spacial score (nSPS) is 11.2. The Kier molecular flexibility index (Phi) is 7.69. The molecular weight excluding hydrogens is 318 g/mol. The molecule has 0 unspecified atom stereocenters. The van der Waals surface area contributed by atoms with Crippen molar-refractivity contribution >= 4 is 5.96 Å². The summed E-state index contributed by atoms with van der Waals surface area (Å²) in [6.45, 7) is 4.15. The predicted octanol–water partition coefficient (Wildman–Crippen LogP) is 2.98. The van der Waals surface area contributed by atoms with Crippen LogP contribution in [0.4, 0.5) is 0 Å². The van der Waals surface area contributed by atoms with Crippen LogP contribution in [-0.2, 0) is 13.0 Å². The number of hydrogen-bond acceptors (Lipinski definition) is 4. The highest BCUT2D eigenvalue weighted by atomic mass is 16.5. The fraction of sp³-hybridized carbons (Fsp3) is 0.421. The Balaban J connectivity index is 1.83. The molecule has 0 saturated carbocycles. The molecule has 0 fully saturated rings. The van der Waals surface area contributed by atoms with Crippen LogP contribution in [0.2, 0.25) is 0 Å². The van der Waals surface area contributed by atoms with Gasteiger partial charge in [-0.05, 0) is 36.2 Å². The Hall–Kier alpha value is -2.63. The zero-order valence-corrected chi connectivity index (χ0v) is 15.2. The second-order valence-electron chi connectivity index (χ2n) is 5.52. The predicted molar refractivity (Wildman–Crippen MR) is 99.4 cm³/mol. The topological polar surface area (TPSA) is 68.0 Å². The van der Waals surface area contributed by atoms with E-state index in [1.54, 1.807) is 20.4 Å². The lowest BCUT2D eigenvalue weighted by molar-refractivity contribution is 0.294. The van der Waals surface area contributed by atoms with Gasteiger partial charge < -0.3 is 24.5 Å². The molecule has 1 heterocycles. The van der Waals surface area contributed by atoms with Gasteiger partial charge in [0.25, 0.3) is 0 Å². The highest BCUT2D eigenvalue weighted by Crippen LogP contribution is 2.28. The third-order valence-electron chi connectivity index (χ3n) is 3.62. The van der Waals surface area contributed by atoms with Crippen molar-refractivity contribution in [3.8, 4) is 11.5 Å². The van der Waals surface area contributed by atoms with Crippen molar-refractivity contribution < 1.29 is 13.9 Å². The second-order valence-corrected chi connectivity index (χ2v) is 5.52. The van der Waals surface area contributed by atoms with Crippen molar-refractivity contribution in [1.29, 1.82) is 0 Å². The third kappa shape index (κ3) is 6.06. The van der Waals surface area contributed by atoms with Gasteiger partial charge in [-0.2, -0.15) is 0 Å². The number of ether oxygens (including phenoxy) is 2. The molecule has 0 spiro atoms. The maximum Gasteiger partial charge on any atom is 0.191 e. The van der Waals surface area contributed by atoms with Crippen LogP contribution >= 0.6 is 0 Å². The van der Waals surface area contributed by atoms with Crippen LogP contribution in [0.5, 0.6) is 11.5 Å². The fourth-order valence-corrected chi connectivity index (χ4v) is 2.32. The van der Waals surface area contributed by atoms with Gasteiger partial charge in [-0.3, -0.25) is 4.99 Å². The lowest BCUT2D eigenvalue weighted by atomic mass is 10.2. The van der Waals surface area contributed by atoms with Crippen LogP contribution in [0.3, 0.4) is 0 Å². The molecule has 25 heavy (non-hydrogen) atoms. The van der Waals surface area contributed by atoms with Crippen LogP contribution in [0.15, 0.2) is 46.0 Å². The number of nitrogens with zero attached hydrogens (tertiary/aromatic N) is 1. The average molecular weight is 345 g/mol. The van der Waals surface area contributed by atoms with Crippen molar-refractivity contribution in [2.24, 2.45) is 4.99 Å². The molecule has 136 valence electrons. The van der Waals surface area contributed by atoms with E-state index < -0.39 is 0 Å². The molecule has 6 heteroatoms. The molecular formula is C19H27N3O3. The van der Waals surface area contributed by atoms with E-state index in [-0.39, 0.29) is 0 Å². The van der Waals surface area contributed by atoms with Crippen molar-refractivity contribution in [2.75, 3.05) is 27.3 Å². The van der Waals surface area contributed by atoms with Gasteiger partial charge in [0.15, 0.2) is 17.5 Å². The molecule has 6 nitrogen and oxygen atoms in total. The summed E-state index contributed by atoms with van der Waals surface area (Å²) in [4.78, 5) is 4.23. The van der Waals surface area contributed by atoms with Crippen molar-refractivity contribution in [2.45, 2.75) is 26.3 Å². The molecule has 0 aliphatic rings. The molecule has 0 saturated heterocycles. The van der Waals surface area contributed by atoms with Crippen molar-refractivity contribution in [1.82, 2.24) is 10.6 Å². The van der Waals surface area contributed by atoms with Gasteiger partial charge in [-0.1, -0.05) is 13.0 Å². The van der Waals surface area contributed by atoms with Gasteiger partial charge in [0, 0.05) is 26.6 Å². The number of guanidine groups is 1. The van der Waals surface area contributed by atoms with Crippen LogP contribution in [0.25, 0.3) is 0 Å². The second kappa shape index (κ2) is 10.3. The summed E-state index contributed by atoms with van der Waals surface area (Å²) in [6, 6.07) is 9.80. The zero-order chi connectivity index (χ0) is 17.9. The van der Waals surface area contributed by atoms with Gasteiger partial charge in [0.05, 0.1) is 20.0 Å². The lowest BCUT2D eigenvalue weighted by Gasteiger charge is -2.14. The summed E-state index contributed by atoms with van der Waals surface area (Å²) >= 11 is 0. The minimum atomic E-state index is 0.644. The highest BCUT2D eigenvalue weighted by molar-refractivity contribution is 5.79. The molecule has 0 radical (unpaired) electrons. The summed E-state index contributed by atoms with van der Waals surface area (Å²) in [6.07, 6.45) is 3.46. The van der Waals surface area contributed by atoms with E-state index in [1.165, 1.54) is 0 Å². The Morgan fingerprint density at radius 1 is 1.20 bits per heavy atom. The summed E-state index contributed by atoms with van der Waals surface area (Å²) in [7, 11) is 3.41. The maximum atomic E-state index is 5.68. The molecule has 1 aromatic heterocycles. The van der Waals surface area contributed by atoms with Gasteiger partial charge >= 0.3 is 0 Å². The van der Waals surface area contributed by atoms with E-state index in [1.807, 2.05) is 30.3 Å². The van der Waals surface area contributed by atoms with Crippen molar-refractivity contribution in [3.05, 3.63) is 47.9 Å². The van der Waals surface area contributed by atoms with Gasteiger partial charge in [-0.15, -0.1) is 0 Å². The summed E-state index contributed by atoms with van der Waals surface area (Å²) < 4.78 is 16.4. The summed E-state index contributed by atoms with van der Waals surface area (Å²) in [5.41, 5.74) is 1.09. The van der Waals surface area contributed by atoms with Gasteiger partial charge in [-0.25, -0.2) is 0 Å². The first-order chi connectivity index (χ1) is 12.3. The Morgan fingerprint density at radius 2 is 2.08 bits per heavy atom. The molecule has 2 N–H and O–H groups in total. The van der Waals surface area contributed by atoms with E-state index in [4.69, 9.17) is 13.9 Å². The minimum absolute atomic E-state index is 0.644. The Morgan fingerprint density at radius 3 is 2.76 bits per heavy atom. The zero-order valence-electron chi connectivity index (χ0n) is 15.2. The molecule has 0 atom stereocenters. The molecule has 2 aromatic rings. The van der Waals surface area contributed by atoms with Crippen LogP contribution in [0, 0.1) is 0 Å². The summed E-state index contributed by atoms with van der Waals surface area (Å²) in [5, 5.41) is 6.56. The quantitative estimate of drug-likeness (QED) is 0.540. The van der Waals surface area contributed by atoms with E-state index in [2.05, 4.69) is 22.5 Å². The molecule has 0 aliphatic carbocycles. The number of hydrogen-bond donors (Lipinski definition) is 2. The van der Waals surface area contributed by atoms with E-state index in [0.717, 1.165) is 48.2 Å². The first kappa shape index (κ1) is 18.7. The standard InChI is InChI=1S/C19H27N3O3/c1-4-11-25-17-8-7-15(13-18(17)23-3)14-22-19(20-2)21-10-9-16-6-5-12-24-16/h5-8,12-13H,4,9-11,14H2,1-3H3,(H2,20,21,22). The average Bonchev–Trinajstić information content (AvgIpc) is 3.16. The first-order valence-electron chi connectivity index (χ1n) is 8.53. The first-order valence-corrected chi connectivity index (χ1v) is 8.53. The monoisotopic (exact) mass is 345 g/mol. The van der Waals surface area contributed by atoms with Crippen LogP contribution in [0.1, 0.15) is 24.7 Å². The number of benzene rings is 1. The van der Waals surface area contributed by atoms with Gasteiger partial charge in [0.2, 0.25) is 0 Å². The van der Waals surface area contributed by atoms with Crippen molar-refractivity contribution in [3.63, 3.8) is 0 Å². The number of methoxy groups -OCH3 is 1. The summed E-state index contributed by atoms with van der Waals surface area (Å²) in [5.74, 6) is 3.22. The molecule has 1 aromatic carbocycles. The number of furan rings is 1. The van der Waals surface area contributed by atoms with Crippen LogP contribution in [-0.4, -0.2) is 33.3 Å². The Labute approximate surface area is 149 Å². The Bertz CT molecular complexity index is 654. The molecule has 0 amide bonds. The molecule has 0 bridgehead atoms. The smallest absolute Gasteiger partial charge is 0.191 e. The third-order valence-corrected chi connectivity index (χ3v) is 3.62. The number of nitrogens with one attached hydrogen (secondary N) is 2. The van der Waals surface area contributed by atoms with E-state index >= 15 is 0 Å². The number of rotatable bonds is 9. The molecule has 2 rings (SSSR count). The maximum absolute atomic E-state index is 5.68. The van der Waals surface area contributed by atoms with E-state index in [0.29, 0.717) is 13.2 Å². The van der Waals surface area contributed by atoms with E-state index in [9.17, 15) is 0 Å². The lowest BCUT2D eigenvalue weighted by Crippen LogP contribution is -2.37. The SMILES string of the molecule is CCCOc1ccc(CNC(=NC)NCCc2ccco2)cc1OC.